The van der Waals surface area contributed by atoms with Gasteiger partial charge in [-0.2, -0.15) is 0 Å². The maximum Gasteiger partial charge on any atom is 0.385 e. The van der Waals surface area contributed by atoms with Crippen LogP contribution in [-0.2, 0) is 0 Å². The predicted molar refractivity (Wildman–Crippen MR) is 76.6 cm³/mol. The highest BCUT2D eigenvalue weighted by molar-refractivity contribution is 6.30. The van der Waals surface area contributed by atoms with Crippen LogP contribution in [0, 0.1) is 0 Å². The Kier molecular flexibility index (Phi) is 6.00. The lowest BCUT2D eigenvalue weighted by atomic mass is 10.3. The normalized spacial score (nSPS) is 12.6. The fourth-order valence-electron chi connectivity index (χ4n) is 1.27. The molecule has 5 nitrogen and oxygen atoms in total. The maximum absolute atomic E-state index is 5.78. The summed E-state index contributed by atoms with van der Waals surface area (Å²) < 4.78 is 0. The van der Waals surface area contributed by atoms with Crippen molar-refractivity contribution in [3.8, 4) is 0 Å². The van der Waals surface area contributed by atoms with Gasteiger partial charge in [-0.15, -0.1) is 0 Å². The monoisotopic (exact) mass is 268 g/mol. The molecule has 0 aliphatic rings. The van der Waals surface area contributed by atoms with Crippen molar-refractivity contribution >= 4 is 29.2 Å². The zero-order valence-electron chi connectivity index (χ0n) is 10.4. The average molecular weight is 269 g/mol. The van der Waals surface area contributed by atoms with E-state index in [0.29, 0.717) is 11.0 Å². The summed E-state index contributed by atoms with van der Waals surface area (Å²) in [5.41, 5.74) is 12.2. The lowest BCUT2D eigenvalue weighted by Gasteiger charge is -2.01. The van der Waals surface area contributed by atoms with Gasteiger partial charge in [-0.25, -0.2) is 0 Å². The number of nitrogens with zero attached hydrogens (tertiary/aromatic N) is 1. The van der Waals surface area contributed by atoms with Gasteiger partial charge in [0.2, 0.25) is 0 Å². The first kappa shape index (κ1) is 14.3. The van der Waals surface area contributed by atoms with Gasteiger partial charge in [-0.1, -0.05) is 24.9 Å². The molecule has 6 N–H and O–H groups in total. The van der Waals surface area contributed by atoms with Gasteiger partial charge in [0.1, 0.15) is 0 Å². The van der Waals surface area contributed by atoms with E-state index in [1.807, 2.05) is 12.1 Å². The molecule has 0 spiro atoms. The number of hydrogen-bond donors (Lipinski definition) is 4. The number of halogens is 1. The van der Waals surface area contributed by atoms with E-state index in [1.165, 1.54) is 0 Å². The molecule has 18 heavy (non-hydrogen) atoms. The second kappa shape index (κ2) is 7.55. The summed E-state index contributed by atoms with van der Waals surface area (Å²) in [6, 6.07) is 7.16. The summed E-state index contributed by atoms with van der Waals surface area (Å²) in [6.07, 6.45) is 2.14. The summed E-state index contributed by atoms with van der Waals surface area (Å²) in [7, 11) is 0. The third-order valence-electron chi connectivity index (χ3n) is 2.19. The summed E-state index contributed by atoms with van der Waals surface area (Å²) >= 11 is 5.78. The second-order valence-corrected chi connectivity index (χ2v) is 4.23. The largest absolute Gasteiger partial charge is 0.385 e. The third kappa shape index (κ3) is 5.54. The van der Waals surface area contributed by atoms with Gasteiger partial charge in [0.05, 0.1) is 6.54 Å². The van der Waals surface area contributed by atoms with E-state index in [0.717, 1.165) is 25.1 Å². The Hall–Kier alpha value is -1.75. The molecule has 0 heterocycles. The number of nitrogens with two attached hydrogens (primary N) is 2. The van der Waals surface area contributed by atoms with Crippen molar-refractivity contribution in [2.75, 3.05) is 11.9 Å². The Bertz CT molecular complexity index is 425. The third-order valence-corrected chi connectivity index (χ3v) is 2.45. The molecule has 0 amide bonds. The summed E-state index contributed by atoms with van der Waals surface area (Å²) in [5, 5.41) is 3.59. The van der Waals surface area contributed by atoms with Gasteiger partial charge in [0.25, 0.3) is 5.96 Å². The Morgan fingerprint density at radius 3 is 2.61 bits per heavy atom. The summed E-state index contributed by atoms with van der Waals surface area (Å²) in [5.74, 6) is 0.543. The molecule has 0 aromatic heterocycles. The van der Waals surface area contributed by atoms with Crippen LogP contribution in [0.4, 0.5) is 5.69 Å². The molecular formula is C12H19ClN5+. The first-order chi connectivity index (χ1) is 8.61. The zero-order chi connectivity index (χ0) is 13.4. The number of unbranched alkanes of at least 4 members (excludes halogenated alkanes) is 1. The SMILES string of the molecule is CCCC[NH+]=C(N)N=C(N)Nc1ccc(Cl)cc1. The smallest absolute Gasteiger partial charge is 0.355 e. The minimum absolute atomic E-state index is 0.235. The Morgan fingerprint density at radius 1 is 1.33 bits per heavy atom. The first-order valence-corrected chi connectivity index (χ1v) is 6.22. The quantitative estimate of drug-likeness (QED) is 0.359. The van der Waals surface area contributed by atoms with Crippen LogP contribution in [0.2, 0.25) is 5.02 Å². The molecule has 98 valence electrons. The number of guanidine groups is 2. The van der Waals surface area contributed by atoms with Crippen LogP contribution in [-0.4, -0.2) is 18.5 Å². The van der Waals surface area contributed by atoms with Crippen molar-refractivity contribution < 1.29 is 4.99 Å². The average Bonchev–Trinajstić information content (AvgIpc) is 2.32. The standard InChI is InChI=1S/C12H18ClN5/c1-2-3-8-16-11(14)18-12(15)17-10-6-4-9(13)5-7-10/h4-7H,2-3,8H2,1H3,(H5,14,15,16,17,18)/p+1. The van der Waals surface area contributed by atoms with Gasteiger partial charge in [0.15, 0.2) is 0 Å². The molecule has 1 rings (SSSR count). The highest BCUT2D eigenvalue weighted by Crippen LogP contribution is 2.12. The highest BCUT2D eigenvalue weighted by Gasteiger charge is 2.02. The van der Waals surface area contributed by atoms with E-state index in [9.17, 15) is 0 Å². The summed E-state index contributed by atoms with van der Waals surface area (Å²) in [6.45, 7) is 2.90. The fourth-order valence-corrected chi connectivity index (χ4v) is 1.40. The van der Waals surface area contributed by atoms with Crippen molar-refractivity contribution in [1.29, 1.82) is 0 Å². The minimum atomic E-state index is 0.235. The molecule has 0 fully saturated rings. The molecule has 0 aliphatic heterocycles. The minimum Gasteiger partial charge on any atom is -0.355 e. The van der Waals surface area contributed by atoms with E-state index < -0.39 is 0 Å². The van der Waals surface area contributed by atoms with Crippen LogP contribution < -0.4 is 21.8 Å². The predicted octanol–water partition coefficient (Wildman–Crippen LogP) is 0.262. The van der Waals surface area contributed by atoms with Crippen molar-refractivity contribution in [3.05, 3.63) is 29.3 Å². The fraction of sp³-hybridized carbons (Fsp3) is 0.333. The lowest BCUT2D eigenvalue weighted by molar-refractivity contribution is -0.459. The lowest BCUT2D eigenvalue weighted by Crippen LogP contribution is -2.75. The van der Waals surface area contributed by atoms with E-state index >= 15 is 0 Å². The number of hydrogen-bond acceptors (Lipinski definition) is 0. The highest BCUT2D eigenvalue weighted by atomic mass is 35.5. The van der Waals surface area contributed by atoms with Crippen LogP contribution in [0.3, 0.4) is 0 Å². The van der Waals surface area contributed by atoms with Crippen LogP contribution >= 0.6 is 11.6 Å². The van der Waals surface area contributed by atoms with Crippen LogP contribution in [0.5, 0.6) is 0 Å². The van der Waals surface area contributed by atoms with E-state index in [2.05, 4.69) is 22.2 Å². The van der Waals surface area contributed by atoms with Gasteiger partial charge >= 0.3 is 5.96 Å². The van der Waals surface area contributed by atoms with Gasteiger partial charge in [0, 0.05) is 10.7 Å². The molecule has 0 saturated carbocycles. The molecule has 0 unspecified atom stereocenters. The molecule has 1 aromatic carbocycles. The second-order valence-electron chi connectivity index (χ2n) is 3.79. The van der Waals surface area contributed by atoms with E-state index in [4.69, 9.17) is 23.1 Å². The van der Waals surface area contributed by atoms with Crippen LogP contribution in [0.15, 0.2) is 29.3 Å². The Labute approximate surface area is 112 Å². The molecule has 6 heteroatoms. The van der Waals surface area contributed by atoms with E-state index in [-0.39, 0.29) is 5.96 Å². The van der Waals surface area contributed by atoms with Crippen LogP contribution in [0.1, 0.15) is 19.8 Å². The van der Waals surface area contributed by atoms with E-state index in [1.54, 1.807) is 12.1 Å². The zero-order valence-corrected chi connectivity index (χ0v) is 11.2. The molecule has 1 aromatic rings. The molecule has 0 saturated heterocycles. The van der Waals surface area contributed by atoms with Gasteiger partial charge in [-0.05, 0) is 35.7 Å². The number of aliphatic imine (C=N–C) groups is 1. The van der Waals surface area contributed by atoms with Crippen molar-refractivity contribution in [3.63, 3.8) is 0 Å². The number of benzene rings is 1. The summed E-state index contributed by atoms with van der Waals surface area (Å²) in [4.78, 5) is 6.98. The topological polar surface area (TPSA) is 90.4 Å². The maximum atomic E-state index is 5.78. The Morgan fingerprint density at radius 2 is 2.00 bits per heavy atom. The number of rotatable bonds is 4. The van der Waals surface area contributed by atoms with Crippen LogP contribution in [0.25, 0.3) is 0 Å². The van der Waals surface area contributed by atoms with Gasteiger partial charge < -0.3 is 11.1 Å². The molecule has 0 radical (unpaired) electrons. The molecule has 0 bridgehead atoms. The van der Waals surface area contributed by atoms with Crippen molar-refractivity contribution in [2.45, 2.75) is 19.8 Å². The van der Waals surface area contributed by atoms with Crippen molar-refractivity contribution in [1.82, 2.24) is 0 Å². The Balaban J connectivity index is 2.56. The number of anilines is 1. The molecular weight excluding hydrogens is 250 g/mol. The molecule has 0 atom stereocenters. The van der Waals surface area contributed by atoms with Crippen molar-refractivity contribution in [2.24, 2.45) is 16.5 Å². The number of nitrogens with one attached hydrogen (secondary N) is 2. The van der Waals surface area contributed by atoms with Gasteiger partial charge in [-0.3, -0.25) is 10.7 Å². The molecule has 0 aliphatic carbocycles. The first-order valence-electron chi connectivity index (χ1n) is 5.85.